The molecule has 0 aliphatic heterocycles. The fraction of sp³-hybridized carbons (Fsp3) is 0.611. The first kappa shape index (κ1) is 12.2. The number of hydrogen-bond acceptors (Lipinski definition) is 2. The molecule has 2 aromatic rings. The zero-order chi connectivity index (χ0) is 14.0. The van der Waals surface area contributed by atoms with Crippen LogP contribution < -0.4 is 5.73 Å². The van der Waals surface area contributed by atoms with Gasteiger partial charge in [-0.2, -0.15) is 0 Å². The van der Waals surface area contributed by atoms with Crippen LogP contribution >= 0.6 is 0 Å². The molecule has 1 aromatic carbocycles. The van der Waals surface area contributed by atoms with Crippen LogP contribution in [0.25, 0.3) is 11.0 Å². The summed E-state index contributed by atoms with van der Waals surface area (Å²) in [5.41, 5.74) is 9.66. The Bertz CT molecular complexity index is 664. The zero-order valence-electron chi connectivity index (χ0n) is 12.4. The van der Waals surface area contributed by atoms with Crippen molar-refractivity contribution in [3.63, 3.8) is 0 Å². The fourth-order valence-corrected chi connectivity index (χ4v) is 5.91. The highest BCUT2D eigenvalue weighted by molar-refractivity contribution is 5.79. The van der Waals surface area contributed by atoms with E-state index in [0.717, 1.165) is 23.3 Å². The van der Waals surface area contributed by atoms with Crippen LogP contribution in [0.2, 0.25) is 0 Å². The highest BCUT2D eigenvalue weighted by Gasteiger charge is 2.53. The Morgan fingerprint density at radius 1 is 1.10 bits per heavy atom. The van der Waals surface area contributed by atoms with Gasteiger partial charge in [0.1, 0.15) is 5.82 Å². The van der Waals surface area contributed by atoms with E-state index in [1.807, 2.05) is 0 Å². The van der Waals surface area contributed by atoms with Crippen molar-refractivity contribution in [3.05, 3.63) is 29.6 Å². The lowest BCUT2D eigenvalue weighted by atomic mass is 9.49. The molecule has 21 heavy (non-hydrogen) atoms. The van der Waals surface area contributed by atoms with Crippen LogP contribution in [-0.4, -0.2) is 9.97 Å². The molecule has 1 aromatic heterocycles. The predicted octanol–water partition coefficient (Wildman–Crippen LogP) is 3.49. The van der Waals surface area contributed by atoms with Gasteiger partial charge in [-0.3, -0.25) is 0 Å². The minimum Gasteiger partial charge on any atom is -0.341 e. The minimum atomic E-state index is 0.347. The number of nitrogens with zero attached hydrogens (tertiary/aromatic N) is 1. The summed E-state index contributed by atoms with van der Waals surface area (Å²) >= 11 is 0. The second-order valence-electron chi connectivity index (χ2n) is 7.80. The van der Waals surface area contributed by atoms with Crippen LogP contribution in [-0.2, 0) is 12.0 Å². The number of H-pyrrole nitrogens is 1. The Balaban J connectivity index is 1.64. The lowest BCUT2D eigenvalue weighted by Gasteiger charge is -2.55. The van der Waals surface area contributed by atoms with Crippen molar-refractivity contribution in [2.24, 2.45) is 23.5 Å². The molecule has 4 aliphatic rings. The van der Waals surface area contributed by atoms with E-state index >= 15 is 0 Å². The van der Waals surface area contributed by atoms with Crippen molar-refractivity contribution in [2.75, 3.05) is 0 Å². The topological polar surface area (TPSA) is 54.7 Å². The maximum atomic E-state index is 5.88. The second kappa shape index (κ2) is 4.10. The number of rotatable bonds is 2. The van der Waals surface area contributed by atoms with Crippen molar-refractivity contribution < 1.29 is 0 Å². The summed E-state index contributed by atoms with van der Waals surface area (Å²) < 4.78 is 0. The highest BCUT2D eigenvalue weighted by Crippen LogP contribution is 2.60. The van der Waals surface area contributed by atoms with Gasteiger partial charge in [-0.05, 0) is 67.9 Å². The first-order valence-corrected chi connectivity index (χ1v) is 8.44. The van der Waals surface area contributed by atoms with Crippen molar-refractivity contribution in [1.29, 1.82) is 0 Å². The maximum absolute atomic E-state index is 5.88. The Morgan fingerprint density at radius 3 is 2.38 bits per heavy atom. The predicted molar refractivity (Wildman–Crippen MR) is 83.8 cm³/mol. The largest absolute Gasteiger partial charge is 0.341 e. The molecule has 0 saturated heterocycles. The molecule has 4 aliphatic carbocycles. The van der Waals surface area contributed by atoms with Gasteiger partial charge in [-0.1, -0.05) is 12.1 Å². The van der Waals surface area contributed by atoms with E-state index in [2.05, 4.69) is 23.2 Å². The molecule has 0 radical (unpaired) electrons. The SMILES string of the molecule is NCc1cccc2[nH]c(C34CC5CC(CC(C5)C3)C4)nc12. The normalized spacial score (nSPS) is 37.5. The van der Waals surface area contributed by atoms with Gasteiger partial charge in [0, 0.05) is 12.0 Å². The Morgan fingerprint density at radius 2 is 1.76 bits per heavy atom. The lowest BCUT2D eigenvalue weighted by molar-refractivity contribution is -0.00887. The number of benzene rings is 1. The van der Waals surface area contributed by atoms with Crippen LogP contribution in [0, 0.1) is 17.8 Å². The Kier molecular flexibility index (Phi) is 2.38. The third kappa shape index (κ3) is 1.67. The number of fused-ring (bicyclic) bond motifs is 1. The number of para-hydroxylation sites is 1. The number of aromatic amines is 1. The molecule has 0 atom stereocenters. The van der Waals surface area contributed by atoms with Gasteiger partial charge in [0.25, 0.3) is 0 Å². The van der Waals surface area contributed by atoms with Crippen LogP contribution in [0.1, 0.15) is 49.9 Å². The third-order valence-corrected chi connectivity index (χ3v) is 6.36. The smallest absolute Gasteiger partial charge is 0.113 e. The van der Waals surface area contributed by atoms with Gasteiger partial charge >= 0.3 is 0 Å². The lowest BCUT2D eigenvalue weighted by Crippen LogP contribution is -2.49. The number of nitrogens with two attached hydrogens (primary N) is 1. The summed E-state index contributed by atoms with van der Waals surface area (Å²) in [5, 5.41) is 0. The van der Waals surface area contributed by atoms with E-state index in [1.165, 1.54) is 55.4 Å². The molecule has 0 spiro atoms. The highest BCUT2D eigenvalue weighted by atomic mass is 15.0. The molecular formula is C18H23N3. The van der Waals surface area contributed by atoms with Crippen LogP contribution in [0.5, 0.6) is 0 Å². The van der Waals surface area contributed by atoms with E-state index < -0.39 is 0 Å². The molecule has 1 heterocycles. The molecule has 0 amide bonds. The summed E-state index contributed by atoms with van der Waals surface area (Å²) in [5.74, 6) is 4.13. The van der Waals surface area contributed by atoms with Gasteiger partial charge in [0.2, 0.25) is 0 Å². The summed E-state index contributed by atoms with van der Waals surface area (Å²) in [4.78, 5) is 8.70. The quantitative estimate of drug-likeness (QED) is 0.885. The summed E-state index contributed by atoms with van der Waals surface area (Å²) in [6.07, 6.45) is 8.51. The van der Waals surface area contributed by atoms with Crippen LogP contribution in [0.15, 0.2) is 18.2 Å². The van der Waals surface area contributed by atoms with E-state index in [4.69, 9.17) is 10.7 Å². The monoisotopic (exact) mass is 281 g/mol. The van der Waals surface area contributed by atoms with Crippen LogP contribution in [0.3, 0.4) is 0 Å². The Hall–Kier alpha value is -1.35. The third-order valence-electron chi connectivity index (χ3n) is 6.36. The number of aromatic nitrogens is 2. The van der Waals surface area contributed by atoms with Crippen molar-refractivity contribution in [2.45, 2.75) is 50.5 Å². The second-order valence-corrected chi connectivity index (χ2v) is 7.80. The van der Waals surface area contributed by atoms with Gasteiger partial charge in [0.15, 0.2) is 0 Å². The fourth-order valence-electron chi connectivity index (χ4n) is 5.91. The summed E-state index contributed by atoms with van der Waals surface area (Å²) in [7, 11) is 0. The summed E-state index contributed by atoms with van der Waals surface area (Å²) in [6, 6.07) is 6.34. The number of imidazole rings is 1. The molecule has 3 N–H and O–H groups in total. The van der Waals surface area contributed by atoms with Crippen LogP contribution in [0.4, 0.5) is 0 Å². The first-order chi connectivity index (χ1) is 10.3. The molecule has 4 bridgehead atoms. The molecule has 4 fully saturated rings. The average Bonchev–Trinajstić information content (AvgIpc) is 2.90. The van der Waals surface area contributed by atoms with Gasteiger partial charge < -0.3 is 10.7 Å². The minimum absolute atomic E-state index is 0.347. The van der Waals surface area contributed by atoms with Gasteiger partial charge in [0.05, 0.1) is 11.0 Å². The Labute approximate surface area is 125 Å². The van der Waals surface area contributed by atoms with Crippen molar-refractivity contribution >= 4 is 11.0 Å². The molecule has 6 rings (SSSR count). The maximum Gasteiger partial charge on any atom is 0.113 e. The standard InChI is InChI=1S/C18H23N3/c19-10-14-2-1-3-15-16(14)21-17(20-15)18-7-11-4-12(8-18)6-13(5-11)9-18/h1-3,11-13H,4-10,19H2,(H,20,21). The van der Waals surface area contributed by atoms with E-state index in [-0.39, 0.29) is 0 Å². The van der Waals surface area contributed by atoms with Crippen molar-refractivity contribution in [3.8, 4) is 0 Å². The number of nitrogens with one attached hydrogen (secondary N) is 1. The first-order valence-electron chi connectivity index (χ1n) is 8.44. The molecule has 110 valence electrons. The van der Waals surface area contributed by atoms with Gasteiger partial charge in [-0.25, -0.2) is 4.98 Å². The van der Waals surface area contributed by atoms with E-state index in [1.54, 1.807) is 0 Å². The zero-order valence-corrected chi connectivity index (χ0v) is 12.4. The average molecular weight is 281 g/mol. The molecule has 4 saturated carbocycles. The molecular weight excluding hydrogens is 258 g/mol. The molecule has 3 heteroatoms. The molecule has 3 nitrogen and oxygen atoms in total. The summed E-state index contributed by atoms with van der Waals surface area (Å²) in [6.45, 7) is 0.572. The van der Waals surface area contributed by atoms with Crippen molar-refractivity contribution in [1.82, 2.24) is 9.97 Å². The van der Waals surface area contributed by atoms with E-state index in [0.29, 0.717) is 12.0 Å². The van der Waals surface area contributed by atoms with E-state index in [9.17, 15) is 0 Å². The molecule has 0 unspecified atom stereocenters. The van der Waals surface area contributed by atoms with Gasteiger partial charge in [-0.15, -0.1) is 0 Å². The number of hydrogen-bond donors (Lipinski definition) is 2.